The van der Waals surface area contributed by atoms with Gasteiger partial charge in [-0.3, -0.25) is 0 Å². The Balaban J connectivity index is 2.30. The predicted octanol–water partition coefficient (Wildman–Crippen LogP) is 2.06. The number of ether oxygens (including phenoxy) is 1. The molecular weight excluding hydrogens is 206 g/mol. The Bertz CT molecular complexity index is 241. The lowest BCUT2D eigenvalue weighted by Crippen LogP contribution is -2.44. The number of nitrogens with one attached hydrogen (secondary N) is 1. The van der Waals surface area contributed by atoms with Crippen molar-refractivity contribution >= 4 is 6.09 Å². The van der Waals surface area contributed by atoms with E-state index in [-0.39, 0.29) is 18.1 Å². The fourth-order valence-corrected chi connectivity index (χ4v) is 2.00. The molecule has 0 heterocycles. The van der Waals surface area contributed by atoms with Crippen LogP contribution in [0.25, 0.3) is 0 Å². The van der Waals surface area contributed by atoms with E-state index in [4.69, 9.17) is 9.84 Å². The topological polar surface area (TPSA) is 58.6 Å². The highest BCUT2D eigenvalue weighted by molar-refractivity contribution is 5.67. The zero-order valence-corrected chi connectivity index (χ0v) is 10.5. The first-order valence-electron chi connectivity index (χ1n) is 5.95. The molecule has 1 aliphatic carbocycles. The van der Waals surface area contributed by atoms with E-state index in [0.717, 1.165) is 19.3 Å². The first-order valence-corrected chi connectivity index (χ1v) is 5.95. The van der Waals surface area contributed by atoms with Gasteiger partial charge < -0.3 is 15.2 Å². The van der Waals surface area contributed by atoms with E-state index in [1.165, 1.54) is 6.42 Å². The van der Waals surface area contributed by atoms with E-state index in [2.05, 4.69) is 5.32 Å². The van der Waals surface area contributed by atoms with Crippen molar-refractivity contribution in [3.63, 3.8) is 0 Å². The molecule has 2 N–H and O–H groups in total. The molecule has 4 heteroatoms. The summed E-state index contributed by atoms with van der Waals surface area (Å²) in [6, 6.07) is 0. The van der Waals surface area contributed by atoms with E-state index in [1.807, 2.05) is 20.8 Å². The van der Waals surface area contributed by atoms with Crippen LogP contribution in [0, 0.1) is 5.41 Å². The van der Waals surface area contributed by atoms with Gasteiger partial charge in [0.2, 0.25) is 0 Å². The summed E-state index contributed by atoms with van der Waals surface area (Å²) in [7, 11) is 0. The standard InChI is InChI=1S/C12H23NO3/c1-11(2,3)16-10(15)13-9-12(7-8-14)5-4-6-12/h14H,4-9H2,1-3H3,(H,13,15). The van der Waals surface area contributed by atoms with Crippen LogP contribution >= 0.6 is 0 Å². The molecule has 1 fully saturated rings. The van der Waals surface area contributed by atoms with Crippen LogP contribution in [0.5, 0.6) is 0 Å². The number of aliphatic hydroxyl groups is 1. The Labute approximate surface area is 97.4 Å². The summed E-state index contributed by atoms with van der Waals surface area (Å²) < 4.78 is 5.17. The van der Waals surface area contributed by atoms with Crippen molar-refractivity contribution in [1.29, 1.82) is 0 Å². The van der Waals surface area contributed by atoms with E-state index in [1.54, 1.807) is 0 Å². The van der Waals surface area contributed by atoms with E-state index in [9.17, 15) is 4.79 Å². The van der Waals surface area contributed by atoms with Crippen LogP contribution in [-0.2, 0) is 4.74 Å². The second-order valence-electron chi connectivity index (χ2n) is 5.68. The maximum absolute atomic E-state index is 11.5. The minimum atomic E-state index is -0.451. The third kappa shape index (κ3) is 4.00. The molecule has 0 unspecified atom stereocenters. The third-order valence-corrected chi connectivity index (χ3v) is 3.06. The van der Waals surface area contributed by atoms with Gasteiger partial charge in [-0.25, -0.2) is 4.79 Å². The number of aliphatic hydroxyl groups excluding tert-OH is 1. The lowest BCUT2D eigenvalue weighted by molar-refractivity contribution is 0.0405. The average Bonchev–Trinajstić information content (AvgIpc) is 2.06. The van der Waals surface area contributed by atoms with Gasteiger partial charge in [0.15, 0.2) is 0 Å². The van der Waals surface area contributed by atoms with Crippen molar-refractivity contribution in [2.75, 3.05) is 13.2 Å². The van der Waals surface area contributed by atoms with Crippen LogP contribution in [-0.4, -0.2) is 30.0 Å². The fraction of sp³-hybridized carbons (Fsp3) is 0.917. The Morgan fingerprint density at radius 2 is 2.06 bits per heavy atom. The second-order valence-corrected chi connectivity index (χ2v) is 5.68. The van der Waals surface area contributed by atoms with Gasteiger partial charge in [-0.15, -0.1) is 0 Å². The molecule has 0 aromatic carbocycles. The quantitative estimate of drug-likeness (QED) is 0.775. The van der Waals surface area contributed by atoms with Gasteiger partial charge in [0.1, 0.15) is 5.60 Å². The second kappa shape index (κ2) is 5.04. The summed E-state index contributed by atoms with van der Waals surface area (Å²) in [5.41, 5.74) is -0.334. The molecule has 0 bridgehead atoms. The lowest BCUT2D eigenvalue weighted by Gasteiger charge is -2.41. The molecule has 94 valence electrons. The monoisotopic (exact) mass is 229 g/mol. The molecule has 16 heavy (non-hydrogen) atoms. The van der Waals surface area contributed by atoms with Crippen molar-refractivity contribution in [2.24, 2.45) is 5.41 Å². The molecule has 1 amide bonds. The molecule has 0 aromatic rings. The van der Waals surface area contributed by atoms with Crippen molar-refractivity contribution in [3.05, 3.63) is 0 Å². The minimum Gasteiger partial charge on any atom is -0.444 e. The van der Waals surface area contributed by atoms with Crippen molar-refractivity contribution < 1.29 is 14.6 Å². The zero-order chi connectivity index (χ0) is 12.2. The summed E-state index contributed by atoms with van der Waals surface area (Å²) in [5, 5.41) is 11.8. The van der Waals surface area contributed by atoms with Crippen LogP contribution in [0.15, 0.2) is 0 Å². The number of carbonyl (C=O) groups excluding carboxylic acids is 1. The van der Waals surface area contributed by atoms with Crippen molar-refractivity contribution in [1.82, 2.24) is 5.32 Å². The van der Waals surface area contributed by atoms with Crippen LogP contribution in [0.1, 0.15) is 46.5 Å². The zero-order valence-electron chi connectivity index (χ0n) is 10.5. The summed E-state index contributed by atoms with van der Waals surface area (Å²) >= 11 is 0. The molecule has 0 aromatic heterocycles. The van der Waals surface area contributed by atoms with Crippen LogP contribution in [0.3, 0.4) is 0 Å². The number of rotatable bonds is 4. The number of hydrogen-bond acceptors (Lipinski definition) is 3. The lowest BCUT2D eigenvalue weighted by atomic mass is 9.67. The first-order chi connectivity index (χ1) is 7.37. The van der Waals surface area contributed by atoms with E-state index in [0.29, 0.717) is 6.54 Å². The summed E-state index contributed by atoms with van der Waals surface area (Å²) in [6.45, 7) is 6.34. The van der Waals surface area contributed by atoms with Crippen molar-refractivity contribution in [3.8, 4) is 0 Å². The third-order valence-electron chi connectivity index (χ3n) is 3.06. The molecule has 0 saturated heterocycles. The van der Waals surface area contributed by atoms with Gasteiger partial charge in [0.25, 0.3) is 0 Å². The average molecular weight is 229 g/mol. The highest BCUT2D eigenvalue weighted by atomic mass is 16.6. The molecule has 0 aliphatic heterocycles. The molecule has 0 atom stereocenters. The minimum absolute atomic E-state index is 0.117. The summed E-state index contributed by atoms with van der Waals surface area (Å²) in [6.07, 6.45) is 3.77. The number of amides is 1. The van der Waals surface area contributed by atoms with Crippen molar-refractivity contribution in [2.45, 2.75) is 52.1 Å². The molecule has 1 rings (SSSR count). The van der Waals surface area contributed by atoms with Gasteiger partial charge in [0, 0.05) is 13.2 Å². The molecule has 0 spiro atoms. The molecule has 1 aliphatic rings. The van der Waals surface area contributed by atoms with Gasteiger partial charge in [-0.2, -0.15) is 0 Å². The maximum Gasteiger partial charge on any atom is 0.407 e. The Morgan fingerprint density at radius 3 is 2.44 bits per heavy atom. The summed E-state index contributed by atoms with van der Waals surface area (Å²) in [5.74, 6) is 0. The van der Waals surface area contributed by atoms with Gasteiger partial charge >= 0.3 is 6.09 Å². The molecule has 1 saturated carbocycles. The number of alkyl carbamates (subject to hydrolysis) is 1. The van der Waals surface area contributed by atoms with Crippen LogP contribution in [0.2, 0.25) is 0 Å². The van der Waals surface area contributed by atoms with E-state index >= 15 is 0 Å². The SMILES string of the molecule is CC(C)(C)OC(=O)NCC1(CCO)CCC1. The largest absolute Gasteiger partial charge is 0.444 e. The number of carbonyl (C=O) groups is 1. The van der Waals surface area contributed by atoms with Gasteiger partial charge in [-0.05, 0) is 45.4 Å². The molecule has 4 nitrogen and oxygen atoms in total. The molecular formula is C12H23NO3. The van der Waals surface area contributed by atoms with Gasteiger partial charge in [0.05, 0.1) is 0 Å². The van der Waals surface area contributed by atoms with Crippen LogP contribution in [0.4, 0.5) is 4.79 Å². The number of hydrogen-bond donors (Lipinski definition) is 2. The summed E-state index contributed by atoms with van der Waals surface area (Å²) in [4.78, 5) is 11.5. The predicted molar refractivity (Wildman–Crippen MR) is 62.2 cm³/mol. The normalized spacial score (nSPS) is 18.8. The van der Waals surface area contributed by atoms with E-state index < -0.39 is 5.60 Å². The first kappa shape index (κ1) is 13.3. The Morgan fingerprint density at radius 1 is 1.44 bits per heavy atom. The highest BCUT2D eigenvalue weighted by Crippen LogP contribution is 2.43. The van der Waals surface area contributed by atoms with Gasteiger partial charge in [-0.1, -0.05) is 6.42 Å². The Hall–Kier alpha value is -0.770. The maximum atomic E-state index is 11.5. The molecule has 0 radical (unpaired) electrons. The highest BCUT2D eigenvalue weighted by Gasteiger charge is 2.36. The fourth-order valence-electron chi connectivity index (χ4n) is 2.00. The Kier molecular flexibility index (Phi) is 4.19. The smallest absolute Gasteiger partial charge is 0.407 e. The van der Waals surface area contributed by atoms with Crippen LogP contribution < -0.4 is 5.32 Å².